The summed E-state index contributed by atoms with van der Waals surface area (Å²) in [6.07, 6.45) is -2.51. The highest BCUT2D eigenvalue weighted by Crippen LogP contribution is 2.43. The minimum atomic E-state index is -4.65. The number of hydrogen-bond acceptors (Lipinski definition) is 7. The molecule has 0 aliphatic rings. The lowest BCUT2D eigenvalue weighted by Gasteiger charge is -2.22. The summed E-state index contributed by atoms with van der Waals surface area (Å²) in [6, 6.07) is 7.39. The van der Waals surface area contributed by atoms with Crippen molar-refractivity contribution in [2.75, 3.05) is 16.9 Å². The van der Waals surface area contributed by atoms with E-state index in [1.54, 1.807) is 20.8 Å². The van der Waals surface area contributed by atoms with E-state index in [0.717, 1.165) is 18.4 Å². The standard InChI is InChI=1S/C27H23Cl2F3N6O4S/c1-26(2,3)38-24(40)36-22-16(11-14-12-33-25(43(4,41)42)37-21(14)35-22)19-17(28)8-9-18(20(19)29)34-23(39)13-6-5-7-15(10-13)27(30,31)32/h5-12H,1-4H3,(H,34,39)(H2,33,35,36,37,38,40). The second-order valence-electron chi connectivity index (χ2n) is 10.4. The number of nitrogens with one attached hydrogen (secondary N) is 3. The van der Waals surface area contributed by atoms with E-state index in [2.05, 4.69) is 30.9 Å². The molecule has 4 rings (SSSR count). The van der Waals surface area contributed by atoms with Crippen molar-refractivity contribution >= 4 is 67.5 Å². The molecule has 0 atom stereocenters. The Bertz CT molecular complexity index is 1880. The first-order valence-electron chi connectivity index (χ1n) is 12.3. The zero-order valence-corrected chi connectivity index (χ0v) is 25.2. The van der Waals surface area contributed by atoms with Crippen LogP contribution in [0.1, 0.15) is 36.7 Å². The second kappa shape index (κ2) is 11.6. The first-order valence-corrected chi connectivity index (χ1v) is 14.9. The molecular formula is C27H23Cl2F3N6O4S. The fraction of sp³-hybridized carbons (Fsp3) is 0.222. The first-order chi connectivity index (χ1) is 19.8. The van der Waals surface area contributed by atoms with Gasteiger partial charge in [-0.3, -0.25) is 10.1 Å². The van der Waals surface area contributed by atoms with Gasteiger partial charge in [-0.2, -0.15) is 18.2 Å². The van der Waals surface area contributed by atoms with Crippen molar-refractivity contribution in [1.29, 1.82) is 0 Å². The zero-order valence-electron chi connectivity index (χ0n) is 22.9. The predicted octanol–water partition coefficient (Wildman–Crippen LogP) is 6.59. The minimum Gasteiger partial charge on any atom is -0.333 e. The van der Waals surface area contributed by atoms with Gasteiger partial charge in [0.25, 0.3) is 5.91 Å². The number of benzene rings is 2. The van der Waals surface area contributed by atoms with Crippen molar-refractivity contribution in [3.63, 3.8) is 0 Å². The monoisotopic (exact) mass is 654 g/mol. The van der Waals surface area contributed by atoms with Gasteiger partial charge in [-0.25, -0.2) is 23.2 Å². The van der Waals surface area contributed by atoms with Crippen molar-refractivity contribution in [2.45, 2.75) is 37.6 Å². The van der Waals surface area contributed by atoms with Crippen LogP contribution in [0.2, 0.25) is 10.0 Å². The lowest BCUT2D eigenvalue weighted by Crippen LogP contribution is -2.43. The van der Waals surface area contributed by atoms with Gasteiger partial charge in [0.15, 0.2) is 5.65 Å². The van der Waals surface area contributed by atoms with Crippen LogP contribution in [-0.2, 0) is 16.0 Å². The lowest BCUT2D eigenvalue weighted by molar-refractivity contribution is -0.137. The summed E-state index contributed by atoms with van der Waals surface area (Å²) in [5.74, 6) is -0.986. The van der Waals surface area contributed by atoms with Gasteiger partial charge in [-0.15, -0.1) is 0 Å². The number of urea groups is 1. The Hall–Kier alpha value is -4.01. The van der Waals surface area contributed by atoms with E-state index in [9.17, 15) is 31.2 Å². The van der Waals surface area contributed by atoms with Crippen molar-refractivity contribution in [3.05, 3.63) is 69.8 Å². The van der Waals surface area contributed by atoms with Crippen LogP contribution in [0.5, 0.6) is 0 Å². The number of carbonyl (C=O) groups excluding carboxylic acids is 2. The number of fused-ring (bicyclic) bond motifs is 1. The molecule has 0 aliphatic carbocycles. The fourth-order valence-electron chi connectivity index (χ4n) is 3.82. The van der Waals surface area contributed by atoms with Crippen LogP contribution in [0.4, 0.5) is 29.5 Å². The number of nitrogens with zero attached hydrogens (tertiary/aromatic N) is 3. The van der Waals surface area contributed by atoms with E-state index in [4.69, 9.17) is 23.2 Å². The van der Waals surface area contributed by atoms with Gasteiger partial charge in [0.2, 0.25) is 15.0 Å². The molecule has 0 saturated heterocycles. The van der Waals surface area contributed by atoms with Crippen LogP contribution in [0.25, 0.3) is 22.2 Å². The van der Waals surface area contributed by atoms with Gasteiger partial charge in [-0.05, 0) is 57.2 Å². The molecule has 0 radical (unpaired) electrons. The summed E-state index contributed by atoms with van der Waals surface area (Å²) in [4.78, 5) is 37.9. The second-order valence-corrected chi connectivity index (χ2v) is 13.1. The van der Waals surface area contributed by atoms with Gasteiger partial charge in [0.1, 0.15) is 5.82 Å². The summed E-state index contributed by atoms with van der Waals surface area (Å²) in [6.45, 7) is 5.24. The maximum Gasteiger partial charge on any atom is 0.416 e. The molecule has 0 aliphatic heterocycles. The highest BCUT2D eigenvalue weighted by Gasteiger charge is 2.31. The van der Waals surface area contributed by atoms with Gasteiger partial charge in [0.05, 0.1) is 21.3 Å². The number of pyridine rings is 1. The van der Waals surface area contributed by atoms with E-state index in [1.165, 1.54) is 30.5 Å². The van der Waals surface area contributed by atoms with Gasteiger partial charge in [-0.1, -0.05) is 29.3 Å². The van der Waals surface area contributed by atoms with Crippen LogP contribution in [0.15, 0.2) is 53.8 Å². The normalized spacial score (nSPS) is 12.2. The highest BCUT2D eigenvalue weighted by atomic mass is 35.5. The smallest absolute Gasteiger partial charge is 0.333 e. The number of alkyl halides is 3. The molecule has 2 aromatic carbocycles. The molecule has 3 N–H and O–H groups in total. The quantitative estimate of drug-likeness (QED) is 0.206. The maximum absolute atomic E-state index is 13.2. The third kappa shape index (κ3) is 7.50. The Morgan fingerprint density at radius 1 is 0.953 bits per heavy atom. The summed E-state index contributed by atoms with van der Waals surface area (Å²) in [5, 5.41) is 7.51. The topological polar surface area (TPSA) is 143 Å². The number of anilines is 2. The molecule has 0 spiro atoms. The van der Waals surface area contributed by atoms with Crippen molar-refractivity contribution < 1.29 is 31.2 Å². The number of aromatic nitrogens is 3. The van der Waals surface area contributed by atoms with Gasteiger partial charge < -0.3 is 10.6 Å². The van der Waals surface area contributed by atoms with Crippen LogP contribution < -0.4 is 16.0 Å². The van der Waals surface area contributed by atoms with Gasteiger partial charge >= 0.3 is 12.2 Å². The van der Waals surface area contributed by atoms with Crippen molar-refractivity contribution in [3.8, 4) is 11.1 Å². The van der Waals surface area contributed by atoms with Gasteiger partial charge in [0, 0.05) is 40.1 Å². The number of sulfone groups is 1. The molecule has 16 heteroatoms. The summed E-state index contributed by atoms with van der Waals surface area (Å²) in [5.41, 5.74) is -1.74. The molecular weight excluding hydrogens is 632 g/mol. The fourth-order valence-corrected chi connectivity index (χ4v) is 4.94. The number of hydrogen-bond donors (Lipinski definition) is 3. The Labute approximate surface area is 254 Å². The van der Waals surface area contributed by atoms with E-state index >= 15 is 0 Å². The van der Waals surface area contributed by atoms with Crippen LogP contribution in [0, 0.1) is 0 Å². The molecule has 0 fully saturated rings. The molecule has 0 saturated carbocycles. The van der Waals surface area contributed by atoms with E-state index in [0.29, 0.717) is 6.07 Å². The third-order valence-electron chi connectivity index (χ3n) is 5.66. The number of rotatable bonds is 5. The molecule has 2 heterocycles. The molecule has 226 valence electrons. The van der Waals surface area contributed by atoms with E-state index in [1.807, 2.05) is 0 Å². The highest BCUT2D eigenvalue weighted by molar-refractivity contribution is 7.90. The summed E-state index contributed by atoms with van der Waals surface area (Å²) >= 11 is 13.2. The van der Waals surface area contributed by atoms with Crippen molar-refractivity contribution in [1.82, 2.24) is 20.3 Å². The number of amides is 3. The minimum absolute atomic E-state index is 0.00246. The Kier molecular flexibility index (Phi) is 8.60. The van der Waals surface area contributed by atoms with Crippen LogP contribution in [0.3, 0.4) is 0 Å². The average molecular weight is 655 g/mol. The molecule has 10 nitrogen and oxygen atoms in total. The lowest BCUT2D eigenvalue weighted by atomic mass is 10.0. The Balaban J connectivity index is 1.84. The molecule has 3 amide bonds. The SMILES string of the molecule is CC(C)(C)NC(=O)Nc1nc2nc(S(C)(=O)=O)ncc2cc1-c1c(Cl)ccc(NC(=O)c2cccc(C(F)(F)F)c2)c1Cl. The number of carbonyl (C=O) groups is 2. The molecule has 4 aromatic rings. The van der Waals surface area contributed by atoms with Crippen molar-refractivity contribution in [2.24, 2.45) is 0 Å². The predicted molar refractivity (Wildman–Crippen MR) is 157 cm³/mol. The van der Waals surface area contributed by atoms with Crippen LogP contribution in [-0.4, -0.2) is 47.1 Å². The third-order valence-corrected chi connectivity index (χ3v) is 7.23. The molecule has 0 bridgehead atoms. The molecule has 0 unspecified atom stereocenters. The molecule has 43 heavy (non-hydrogen) atoms. The largest absolute Gasteiger partial charge is 0.416 e. The summed E-state index contributed by atoms with van der Waals surface area (Å²) in [7, 11) is -3.79. The maximum atomic E-state index is 13.2. The first kappa shape index (κ1) is 31.9. The van der Waals surface area contributed by atoms with E-state index in [-0.39, 0.29) is 49.3 Å². The zero-order chi connectivity index (χ0) is 31.9. The average Bonchev–Trinajstić information content (AvgIpc) is 2.88. The number of halogens is 5. The van der Waals surface area contributed by atoms with Crippen LogP contribution >= 0.6 is 23.2 Å². The molecule has 2 aromatic heterocycles. The van der Waals surface area contributed by atoms with E-state index < -0.39 is 44.2 Å². The Morgan fingerprint density at radius 2 is 1.65 bits per heavy atom. The summed E-state index contributed by atoms with van der Waals surface area (Å²) < 4.78 is 63.5. The Morgan fingerprint density at radius 3 is 2.28 bits per heavy atom.